The molecule has 1 aliphatic heterocycles. The molecular weight excluding hydrogens is 258 g/mol. The Bertz CT molecular complexity index is 391. The van der Waals surface area contributed by atoms with E-state index in [0.717, 1.165) is 31.1 Å². The molecule has 0 spiro atoms. The average Bonchev–Trinajstić information content (AvgIpc) is 3.08. The molecule has 2 nitrogen and oxygen atoms in total. The van der Waals surface area contributed by atoms with E-state index >= 15 is 0 Å². The number of nitrogens with one attached hydrogen (secondary N) is 1. The van der Waals surface area contributed by atoms with E-state index in [1.165, 1.54) is 57.1 Å². The van der Waals surface area contributed by atoms with Crippen molar-refractivity contribution < 1.29 is 4.74 Å². The molecule has 2 aliphatic rings. The van der Waals surface area contributed by atoms with Crippen molar-refractivity contribution in [1.82, 2.24) is 5.32 Å². The first kappa shape index (κ1) is 15.1. The zero-order valence-corrected chi connectivity index (χ0v) is 13.1. The molecule has 2 heteroatoms. The van der Waals surface area contributed by atoms with Gasteiger partial charge in [-0.15, -0.1) is 0 Å². The minimum absolute atomic E-state index is 0.766. The summed E-state index contributed by atoms with van der Waals surface area (Å²) in [7, 11) is 0. The molecule has 3 rings (SSSR count). The second-order valence-electron chi connectivity index (χ2n) is 6.81. The van der Waals surface area contributed by atoms with E-state index in [4.69, 9.17) is 4.74 Å². The highest BCUT2D eigenvalue weighted by Gasteiger charge is 2.28. The van der Waals surface area contributed by atoms with Crippen molar-refractivity contribution in [2.24, 2.45) is 11.8 Å². The van der Waals surface area contributed by atoms with Crippen LogP contribution in [0.25, 0.3) is 0 Å². The highest BCUT2D eigenvalue weighted by Crippen LogP contribution is 2.34. The quantitative estimate of drug-likeness (QED) is 0.794. The Morgan fingerprint density at radius 1 is 1.00 bits per heavy atom. The number of hydrogen-bond acceptors (Lipinski definition) is 2. The van der Waals surface area contributed by atoms with Gasteiger partial charge >= 0.3 is 0 Å². The predicted molar refractivity (Wildman–Crippen MR) is 87.2 cm³/mol. The van der Waals surface area contributed by atoms with Crippen LogP contribution in [0.3, 0.4) is 0 Å². The highest BCUT2D eigenvalue weighted by atomic mass is 16.5. The topological polar surface area (TPSA) is 21.3 Å². The van der Waals surface area contributed by atoms with Gasteiger partial charge in [0.05, 0.1) is 6.61 Å². The molecule has 1 saturated carbocycles. The summed E-state index contributed by atoms with van der Waals surface area (Å²) in [6, 6.07) is 11.3. The van der Waals surface area contributed by atoms with Crippen molar-refractivity contribution >= 4 is 0 Å². The fourth-order valence-corrected chi connectivity index (χ4v) is 4.01. The van der Waals surface area contributed by atoms with Gasteiger partial charge in [0.1, 0.15) is 0 Å². The summed E-state index contributed by atoms with van der Waals surface area (Å²) in [6.45, 7) is 2.94. The van der Waals surface area contributed by atoms with Crippen molar-refractivity contribution in [2.75, 3.05) is 13.2 Å². The van der Waals surface area contributed by atoms with Gasteiger partial charge in [-0.3, -0.25) is 0 Å². The minimum Gasteiger partial charge on any atom is -0.377 e. The fourth-order valence-electron chi connectivity index (χ4n) is 4.01. The maximum atomic E-state index is 5.84. The Labute approximate surface area is 129 Å². The summed E-state index contributed by atoms with van der Waals surface area (Å²) in [4.78, 5) is 0. The smallest absolute Gasteiger partial charge is 0.0716 e. The molecule has 1 aliphatic carbocycles. The normalized spacial score (nSPS) is 29.6. The predicted octanol–water partition coefficient (Wildman–Crippen LogP) is 4.15. The Morgan fingerprint density at radius 2 is 1.81 bits per heavy atom. The Hall–Kier alpha value is -0.860. The highest BCUT2D eigenvalue weighted by molar-refractivity contribution is 5.13. The van der Waals surface area contributed by atoms with E-state index in [1.54, 1.807) is 0 Å². The largest absolute Gasteiger partial charge is 0.377 e. The SMILES string of the molecule is c1ccc(COCC[C@H]2CC[C@H]([C@H]3CCCN3)CC2)cc1. The molecule has 116 valence electrons. The molecule has 1 heterocycles. The lowest BCUT2D eigenvalue weighted by Gasteiger charge is -2.32. The van der Waals surface area contributed by atoms with E-state index in [-0.39, 0.29) is 0 Å². The summed E-state index contributed by atoms with van der Waals surface area (Å²) in [5.74, 6) is 1.85. The van der Waals surface area contributed by atoms with Crippen LogP contribution in [0.1, 0.15) is 50.5 Å². The van der Waals surface area contributed by atoms with Gasteiger partial charge in [0.2, 0.25) is 0 Å². The molecule has 21 heavy (non-hydrogen) atoms. The molecule has 0 bridgehead atoms. The van der Waals surface area contributed by atoms with Crippen molar-refractivity contribution in [3.05, 3.63) is 35.9 Å². The summed E-state index contributed by atoms with van der Waals surface area (Å²) >= 11 is 0. The molecule has 1 N–H and O–H groups in total. The number of hydrogen-bond donors (Lipinski definition) is 1. The van der Waals surface area contributed by atoms with Gasteiger partial charge in [0.15, 0.2) is 0 Å². The average molecular weight is 287 g/mol. The van der Waals surface area contributed by atoms with Crippen LogP contribution in [0.2, 0.25) is 0 Å². The lowest BCUT2D eigenvalue weighted by atomic mass is 9.77. The van der Waals surface area contributed by atoms with Crippen LogP contribution in [0, 0.1) is 11.8 Å². The van der Waals surface area contributed by atoms with E-state index in [9.17, 15) is 0 Å². The second kappa shape index (κ2) is 7.95. The van der Waals surface area contributed by atoms with Crippen LogP contribution >= 0.6 is 0 Å². The number of benzene rings is 1. The second-order valence-corrected chi connectivity index (χ2v) is 6.81. The first-order valence-corrected chi connectivity index (χ1v) is 8.77. The van der Waals surface area contributed by atoms with Crippen LogP contribution in [0.5, 0.6) is 0 Å². The van der Waals surface area contributed by atoms with Crippen LogP contribution < -0.4 is 5.32 Å². The van der Waals surface area contributed by atoms with Gasteiger partial charge in [0, 0.05) is 12.6 Å². The van der Waals surface area contributed by atoms with Crippen LogP contribution in [-0.2, 0) is 11.3 Å². The monoisotopic (exact) mass is 287 g/mol. The van der Waals surface area contributed by atoms with E-state index in [2.05, 4.69) is 35.6 Å². The number of rotatable bonds is 6. The molecule has 1 atom stereocenters. The van der Waals surface area contributed by atoms with Crippen molar-refractivity contribution in [3.8, 4) is 0 Å². The third-order valence-electron chi connectivity index (χ3n) is 5.34. The van der Waals surface area contributed by atoms with Crippen LogP contribution in [0.4, 0.5) is 0 Å². The van der Waals surface area contributed by atoms with Gasteiger partial charge in [-0.05, 0) is 56.0 Å². The molecule has 2 fully saturated rings. The Kier molecular flexibility index (Phi) is 5.70. The van der Waals surface area contributed by atoms with Crippen LogP contribution in [-0.4, -0.2) is 19.2 Å². The standard InChI is InChI=1S/C19H29NO/c1-2-5-17(6-3-1)15-21-14-12-16-8-10-18(11-9-16)19-7-4-13-20-19/h1-3,5-6,16,18-20H,4,7-15H2/t16-,18-,19-/m1/s1. The molecule has 0 amide bonds. The van der Waals surface area contributed by atoms with Gasteiger partial charge in [0.25, 0.3) is 0 Å². The molecule has 0 unspecified atom stereocenters. The van der Waals surface area contributed by atoms with Crippen molar-refractivity contribution in [1.29, 1.82) is 0 Å². The van der Waals surface area contributed by atoms with Crippen molar-refractivity contribution in [2.45, 2.75) is 57.6 Å². The lowest BCUT2D eigenvalue weighted by molar-refractivity contribution is 0.0961. The Morgan fingerprint density at radius 3 is 2.52 bits per heavy atom. The fraction of sp³-hybridized carbons (Fsp3) is 0.684. The lowest BCUT2D eigenvalue weighted by Crippen LogP contribution is -2.33. The van der Waals surface area contributed by atoms with Gasteiger partial charge in [-0.1, -0.05) is 43.2 Å². The first-order valence-electron chi connectivity index (χ1n) is 8.77. The van der Waals surface area contributed by atoms with E-state index < -0.39 is 0 Å². The zero-order valence-electron chi connectivity index (χ0n) is 13.1. The molecule has 0 radical (unpaired) electrons. The molecule has 1 aromatic carbocycles. The molecule has 0 aromatic heterocycles. The Balaban J connectivity index is 1.29. The number of ether oxygens (including phenoxy) is 1. The van der Waals surface area contributed by atoms with Gasteiger partial charge < -0.3 is 10.1 Å². The van der Waals surface area contributed by atoms with E-state index in [0.29, 0.717) is 0 Å². The summed E-state index contributed by atoms with van der Waals surface area (Å²) in [5.41, 5.74) is 1.29. The first-order chi connectivity index (χ1) is 10.4. The zero-order chi connectivity index (χ0) is 14.3. The minimum atomic E-state index is 0.766. The third kappa shape index (κ3) is 4.55. The summed E-state index contributed by atoms with van der Waals surface area (Å²) in [5, 5.41) is 3.69. The van der Waals surface area contributed by atoms with Gasteiger partial charge in [-0.2, -0.15) is 0 Å². The van der Waals surface area contributed by atoms with Crippen molar-refractivity contribution in [3.63, 3.8) is 0 Å². The summed E-state index contributed by atoms with van der Waals surface area (Å²) < 4.78 is 5.84. The van der Waals surface area contributed by atoms with Crippen LogP contribution in [0.15, 0.2) is 30.3 Å². The van der Waals surface area contributed by atoms with Gasteiger partial charge in [-0.25, -0.2) is 0 Å². The van der Waals surface area contributed by atoms with E-state index in [1.807, 2.05) is 0 Å². The molecular formula is C19H29NO. The maximum absolute atomic E-state index is 5.84. The maximum Gasteiger partial charge on any atom is 0.0716 e. The summed E-state index contributed by atoms with van der Waals surface area (Å²) in [6.07, 6.45) is 9.74. The molecule has 1 saturated heterocycles. The third-order valence-corrected chi connectivity index (χ3v) is 5.34. The molecule has 1 aromatic rings.